The second-order valence-corrected chi connectivity index (χ2v) is 6.42. The number of amides is 1. The minimum Gasteiger partial charge on any atom is -0.383 e. The van der Waals surface area contributed by atoms with Crippen molar-refractivity contribution in [1.82, 2.24) is 4.90 Å². The number of rotatable bonds is 7. The standard InChI is InChI=1S/C20H25ClN2O/c1-4-23(14-17-8-6-5-7-9-17)19(24)10-11-22-20-16(3)12-15(2)13-18(20)21/h5-9,12-13,22H,4,10-11,14H2,1-3H3. The molecule has 0 aliphatic heterocycles. The molecule has 4 heteroatoms. The summed E-state index contributed by atoms with van der Waals surface area (Å²) in [4.78, 5) is 14.3. The van der Waals surface area contributed by atoms with Crippen LogP contribution >= 0.6 is 11.6 Å². The van der Waals surface area contributed by atoms with Crippen LogP contribution < -0.4 is 5.32 Å². The van der Waals surface area contributed by atoms with E-state index < -0.39 is 0 Å². The van der Waals surface area contributed by atoms with E-state index in [1.807, 2.05) is 62.1 Å². The number of aryl methyl sites for hydroxylation is 2. The summed E-state index contributed by atoms with van der Waals surface area (Å²) in [5.41, 5.74) is 4.31. The van der Waals surface area contributed by atoms with Gasteiger partial charge in [0.15, 0.2) is 0 Å². The van der Waals surface area contributed by atoms with E-state index in [0.717, 1.165) is 22.4 Å². The highest BCUT2D eigenvalue weighted by molar-refractivity contribution is 6.33. The molecule has 3 nitrogen and oxygen atoms in total. The van der Waals surface area contributed by atoms with Crippen LogP contribution in [0, 0.1) is 13.8 Å². The largest absolute Gasteiger partial charge is 0.383 e. The van der Waals surface area contributed by atoms with Gasteiger partial charge in [-0.2, -0.15) is 0 Å². The molecule has 0 heterocycles. The van der Waals surface area contributed by atoms with Gasteiger partial charge in [-0.1, -0.05) is 48.0 Å². The van der Waals surface area contributed by atoms with Crippen LogP contribution in [0.2, 0.25) is 5.02 Å². The van der Waals surface area contributed by atoms with Gasteiger partial charge in [0.05, 0.1) is 10.7 Å². The number of carbonyl (C=O) groups is 1. The SMILES string of the molecule is CCN(Cc1ccccc1)C(=O)CCNc1c(C)cc(C)cc1Cl. The van der Waals surface area contributed by atoms with Crippen molar-refractivity contribution < 1.29 is 4.79 Å². The molecule has 24 heavy (non-hydrogen) atoms. The predicted octanol–water partition coefficient (Wildman–Crippen LogP) is 4.81. The lowest BCUT2D eigenvalue weighted by Gasteiger charge is -2.21. The van der Waals surface area contributed by atoms with E-state index in [1.165, 1.54) is 0 Å². The van der Waals surface area contributed by atoms with Crippen LogP contribution in [0.15, 0.2) is 42.5 Å². The van der Waals surface area contributed by atoms with Crippen LogP contribution in [0.3, 0.4) is 0 Å². The number of hydrogen-bond donors (Lipinski definition) is 1. The molecule has 0 atom stereocenters. The zero-order valence-electron chi connectivity index (χ0n) is 14.6. The normalized spacial score (nSPS) is 10.5. The Morgan fingerprint density at radius 2 is 1.88 bits per heavy atom. The molecule has 0 aromatic heterocycles. The molecule has 2 aromatic rings. The average Bonchev–Trinajstić information content (AvgIpc) is 2.55. The smallest absolute Gasteiger partial charge is 0.224 e. The molecule has 0 spiro atoms. The van der Waals surface area contributed by atoms with Crippen molar-refractivity contribution in [3.05, 3.63) is 64.2 Å². The number of anilines is 1. The van der Waals surface area contributed by atoms with Gasteiger partial charge in [0.25, 0.3) is 0 Å². The van der Waals surface area contributed by atoms with Crippen molar-refractivity contribution in [2.24, 2.45) is 0 Å². The topological polar surface area (TPSA) is 32.3 Å². The molecule has 0 bridgehead atoms. The Morgan fingerprint density at radius 1 is 1.17 bits per heavy atom. The molecule has 0 aliphatic rings. The fraction of sp³-hybridized carbons (Fsp3) is 0.350. The maximum absolute atomic E-state index is 12.4. The summed E-state index contributed by atoms with van der Waals surface area (Å²) in [6.45, 7) is 7.99. The molecular formula is C20H25ClN2O. The summed E-state index contributed by atoms with van der Waals surface area (Å²) in [6, 6.07) is 14.1. The Kier molecular flexibility index (Phi) is 6.68. The van der Waals surface area contributed by atoms with E-state index in [9.17, 15) is 4.79 Å². The molecule has 2 rings (SSSR count). The van der Waals surface area contributed by atoms with Gasteiger partial charge in [-0.3, -0.25) is 4.79 Å². The van der Waals surface area contributed by atoms with Crippen LogP contribution in [-0.4, -0.2) is 23.9 Å². The highest BCUT2D eigenvalue weighted by Gasteiger charge is 2.12. The molecule has 1 N–H and O–H groups in total. The van der Waals surface area contributed by atoms with Crippen molar-refractivity contribution in [2.45, 2.75) is 33.7 Å². The molecule has 2 aromatic carbocycles. The van der Waals surface area contributed by atoms with Crippen molar-refractivity contribution in [3.63, 3.8) is 0 Å². The zero-order valence-corrected chi connectivity index (χ0v) is 15.4. The maximum atomic E-state index is 12.4. The first-order valence-electron chi connectivity index (χ1n) is 8.33. The molecule has 0 fully saturated rings. The van der Waals surface area contributed by atoms with Crippen LogP contribution in [0.4, 0.5) is 5.69 Å². The summed E-state index contributed by atoms with van der Waals surface area (Å²) in [6.07, 6.45) is 0.449. The molecule has 0 saturated heterocycles. The summed E-state index contributed by atoms with van der Waals surface area (Å²) in [7, 11) is 0. The number of nitrogens with one attached hydrogen (secondary N) is 1. The second kappa shape index (κ2) is 8.74. The Hall–Kier alpha value is -2.00. The van der Waals surface area contributed by atoms with E-state index in [-0.39, 0.29) is 5.91 Å². The molecule has 0 aliphatic carbocycles. The van der Waals surface area contributed by atoms with E-state index >= 15 is 0 Å². The Morgan fingerprint density at radius 3 is 2.50 bits per heavy atom. The number of hydrogen-bond acceptors (Lipinski definition) is 2. The first-order valence-corrected chi connectivity index (χ1v) is 8.71. The van der Waals surface area contributed by atoms with Gasteiger partial charge >= 0.3 is 0 Å². The molecule has 0 radical (unpaired) electrons. The predicted molar refractivity (Wildman–Crippen MR) is 102 cm³/mol. The second-order valence-electron chi connectivity index (χ2n) is 6.01. The van der Waals surface area contributed by atoms with Crippen LogP contribution in [-0.2, 0) is 11.3 Å². The van der Waals surface area contributed by atoms with Gasteiger partial charge in [-0.05, 0) is 43.5 Å². The summed E-state index contributed by atoms with van der Waals surface area (Å²) < 4.78 is 0. The zero-order chi connectivity index (χ0) is 17.5. The Labute approximate surface area is 149 Å². The molecule has 1 amide bonds. The van der Waals surface area contributed by atoms with Gasteiger partial charge in [0, 0.05) is 26.1 Å². The third kappa shape index (κ3) is 5.00. The molecule has 0 saturated carbocycles. The first kappa shape index (κ1) is 18.3. The first-order chi connectivity index (χ1) is 11.5. The third-order valence-corrected chi connectivity index (χ3v) is 4.32. The number of halogens is 1. The van der Waals surface area contributed by atoms with Gasteiger partial charge in [-0.15, -0.1) is 0 Å². The summed E-state index contributed by atoms with van der Waals surface area (Å²) in [5.74, 6) is 0.148. The summed E-state index contributed by atoms with van der Waals surface area (Å²) in [5, 5.41) is 4.01. The minimum atomic E-state index is 0.148. The van der Waals surface area contributed by atoms with Crippen molar-refractivity contribution >= 4 is 23.2 Å². The van der Waals surface area contributed by atoms with E-state index in [2.05, 4.69) is 11.4 Å². The fourth-order valence-corrected chi connectivity index (χ4v) is 3.16. The van der Waals surface area contributed by atoms with Crippen LogP contribution in [0.5, 0.6) is 0 Å². The van der Waals surface area contributed by atoms with E-state index in [1.54, 1.807) is 0 Å². The Balaban J connectivity index is 1.90. The average molecular weight is 345 g/mol. The van der Waals surface area contributed by atoms with Crippen LogP contribution in [0.25, 0.3) is 0 Å². The lowest BCUT2D eigenvalue weighted by Crippen LogP contribution is -2.31. The monoisotopic (exact) mass is 344 g/mol. The minimum absolute atomic E-state index is 0.148. The fourth-order valence-electron chi connectivity index (χ4n) is 2.77. The van der Waals surface area contributed by atoms with Crippen molar-refractivity contribution in [1.29, 1.82) is 0 Å². The Bertz CT molecular complexity index is 662. The highest BCUT2D eigenvalue weighted by atomic mass is 35.5. The van der Waals surface area contributed by atoms with Crippen LogP contribution in [0.1, 0.15) is 30.0 Å². The van der Waals surface area contributed by atoms with Gasteiger partial charge in [0.2, 0.25) is 5.91 Å². The maximum Gasteiger partial charge on any atom is 0.224 e. The van der Waals surface area contributed by atoms with Gasteiger partial charge in [-0.25, -0.2) is 0 Å². The molecule has 0 unspecified atom stereocenters. The molecular weight excluding hydrogens is 320 g/mol. The van der Waals surface area contributed by atoms with Gasteiger partial charge < -0.3 is 10.2 Å². The highest BCUT2D eigenvalue weighted by Crippen LogP contribution is 2.27. The van der Waals surface area contributed by atoms with Gasteiger partial charge in [0.1, 0.15) is 0 Å². The summed E-state index contributed by atoms with van der Waals surface area (Å²) >= 11 is 6.29. The molecule has 128 valence electrons. The van der Waals surface area contributed by atoms with Crippen molar-refractivity contribution in [2.75, 3.05) is 18.4 Å². The number of nitrogens with zero attached hydrogens (tertiary/aromatic N) is 1. The van der Waals surface area contributed by atoms with Crippen molar-refractivity contribution in [3.8, 4) is 0 Å². The lowest BCUT2D eigenvalue weighted by atomic mass is 10.1. The van der Waals surface area contributed by atoms with E-state index in [0.29, 0.717) is 31.1 Å². The number of carbonyl (C=O) groups excluding carboxylic acids is 1. The lowest BCUT2D eigenvalue weighted by molar-refractivity contribution is -0.131. The van der Waals surface area contributed by atoms with E-state index in [4.69, 9.17) is 11.6 Å². The third-order valence-electron chi connectivity index (χ3n) is 4.02. The number of benzene rings is 2. The quantitative estimate of drug-likeness (QED) is 0.781.